The van der Waals surface area contributed by atoms with Gasteiger partial charge in [-0.05, 0) is 48.6 Å². The molecule has 102 valence electrons. The van der Waals surface area contributed by atoms with Crippen LogP contribution in [0.3, 0.4) is 0 Å². The summed E-state index contributed by atoms with van der Waals surface area (Å²) in [5.74, 6) is 1.80. The molecule has 1 aliphatic carbocycles. The Morgan fingerprint density at radius 2 is 2.10 bits per heavy atom. The Labute approximate surface area is 118 Å². The zero-order chi connectivity index (χ0) is 13.5. The summed E-state index contributed by atoms with van der Waals surface area (Å²) in [7, 11) is 0. The molecule has 1 saturated carbocycles. The first kappa shape index (κ1) is 11.9. The van der Waals surface area contributed by atoms with Gasteiger partial charge < -0.3 is 4.90 Å². The summed E-state index contributed by atoms with van der Waals surface area (Å²) in [6, 6.07) is 7.85. The summed E-state index contributed by atoms with van der Waals surface area (Å²) in [5.41, 5.74) is 0.823. The van der Waals surface area contributed by atoms with Crippen molar-refractivity contribution in [1.29, 1.82) is 0 Å². The minimum absolute atomic E-state index is 0.189. The molecule has 0 atom stereocenters. The van der Waals surface area contributed by atoms with Gasteiger partial charge in [0.25, 0.3) is 5.91 Å². The van der Waals surface area contributed by atoms with E-state index >= 15 is 0 Å². The van der Waals surface area contributed by atoms with Crippen molar-refractivity contribution in [3.63, 3.8) is 0 Å². The van der Waals surface area contributed by atoms with Crippen molar-refractivity contribution in [3.05, 3.63) is 42.2 Å². The average Bonchev–Trinajstić information content (AvgIpc) is 2.79. The van der Waals surface area contributed by atoms with E-state index in [2.05, 4.69) is 9.88 Å². The van der Waals surface area contributed by atoms with E-state index in [0.29, 0.717) is 0 Å². The molecule has 3 heteroatoms. The zero-order valence-corrected chi connectivity index (χ0v) is 11.5. The van der Waals surface area contributed by atoms with Crippen LogP contribution in [0.1, 0.15) is 29.6 Å². The molecule has 0 N–H and O–H groups in total. The summed E-state index contributed by atoms with van der Waals surface area (Å²) < 4.78 is 0. The second kappa shape index (κ2) is 4.58. The van der Waals surface area contributed by atoms with Crippen LogP contribution in [0.4, 0.5) is 0 Å². The summed E-state index contributed by atoms with van der Waals surface area (Å²) >= 11 is 0. The van der Waals surface area contributed by atoms with E-state index in [9.17, 15) is 4.79 Å². The van der Waals surface area contributed by atoms with E-state index in [1.54, 1.807) is 6.20 Å². The van der Waals surface area contributed by atoms with Gasteiger partial charge in [0.05, 0.1) is 0 Å². The van der Waals surface area contributed by atoms with Crippen LogP contribution in [0.15, 0.2) is 36.7 Å². The number of amides is 1. The highest BCUT2D eigenvalue weighted by Gasteiger charge is 2.35. The van der Waals surface area contributed by atoms with Gasteiger partial charge in [0.15, 0.2) is 0 Å². The molecular weight excluding hydrogens is 248 g/mol. The molecule has 0 radical (unpaired) electrons. The van der Waals surface area contributed by atoms with Gasteiger partial charge >= 0.3 is 0 Å². The molecule has 1 amide bonds. The summed E-state index contributed by atoms with van der Waals surface area (Å²) in [6.45, 7) is 1.86. The van der Waals surface area contributed by atoms with Crippen molar-refractivity contribution in [3.8, 4) is 0 Å². The van der Waals surface area contributed by atoms with Gasteiger partial charge in [-0.3, -0.25) is 9.78 Å². The third kappa shape index (κ3) is 1.89. The zero-order valence-electron chi connectivity index (χ0n) is 11.5. The molecule has 20 heavy (non-hydrogen) atoms. The number of fused-ring (bicyclic) bond motifs is 4. The first-order chi connectivity index (χ1) is 9.81. The highest BCUT2D eigenvalue weighted by molar-refractivity contribution is 6.06. The van der Waals surface area contributed by atoms with E-state index in [4.69, 9.17) is 0 Å². The van der Waals surface area contributed by atoms with E-state index in [1.807, 2.05) is 30.5 Å². The quantitative estimate of drug-likeness (QED) is 0.794. The molecule has 3 aliphatic rings. The monoisotopic (exact) mass is 266 g/mol. The largest absolute Gasteiger partial charge is 0.338 e. The summed E-state index contributed by atoms with van der Waals surface area (Å²) in [4.78, 5) is 19.0. The van der Waals surface area contributed by atoms with Crippen LogP contribution in [0.5, 0.6) is 0 Å². The Morgan fingerprint density at radius 3 is 3.00 bits per heavy atom. The lowest BCUT2D eigenvalue weighted by molar-refractivity contribution is 0.0739. The maximum atomic E-state index is 12.8. The van der Waals surface area contributed by atoms with Crippen molar-refractivity contribution < 1.29 is 4.79 Å². The Morgan fingerprint density at radius 1 is 1.20 bits per heavy atom. The molecule has 0 unspecified atom stereocenters. The lowest BCUT2D eigenvalue weighted by Crippen LogP contribution is -2.35. The number of pyridine rings is 1. The predicted octanol–water partition coefficient (Wildman–Crippen LogP) is 3.11. The molecule has 2 bridgehead atoms. The number of hydrogen-bond acceptors (Lipinski definition) is 2. The molecule has 1 aromatic heterocycles. The molecule has 1 aromatic carbocycles. The van der Waals surface area contributed by atoms with Gasteiger partial charge in [-0.2, -0.15) is 0 Å². The minimum atomic E-state index is 0.189. The summed E-state index contributed by atoms with van der Waals surface area (Å²) in [5, 5.41) is 2.06. The number of hydrogen-bond donors (Lipinski definition) is 0. The fourth-order valence-corrected chi connectivity index (χ4v) is 3.66. The smallest absolute Gasteiger partial charge is 0.254 e. The van der Waals surface area contributed by atoms with E-state index in [0.717, 1.165) is 41.3 Å². The fraction of sp³-hybridized carbons (Fsp3) is 0.412. The van der Waals surface area contributed by atoms with E-state index < -0.39 is 0 Å². The maximum Gasteiger partial charge on any atom is 0.254 e. The first-order valence-corrected chi connectivity index (χ1v) is 7.43. The molecular formula is C17H18N2O. The Balaban J connectivity index is 1.69. The molecule has 2 aromatic rings. The topological polar surface area (TPSA) is 33.2 Å². The van der Waals surface area contributed by atoms with Crippen LogP contribution in [0.2, 0.25) is 0 Å². The average molecular weight is 266 g/mol. The number of nitrogens with zero attached hydrogens (tertiary/aromatic N) is 2. The third-order valence-corrected chi connectivity index (χ3v) is 4.82. The van der Waals surface area contributed by atoms with Crippen molar-refractivity contribution in [2.45, 2.75) is 19.3 Å². The number of aromatic nitrogens is 1. The number of carbonyl (C=O) groups excluding carboxylic acids is 1. The van der Waals surface area contributed by atoms with Gasteiger partial charge in [0, 0.05) is 36.4 Å². The highest BCUT2D eigenvalue weighted by atomic mass is 16.2. The Bertz CT molecular complexity index is 656. The van der Waals surface area contributed by atoms with Crippen LogP contribution >= 0.6 is 0 Å². The molecule has 2 saturated heterocycles. The van der Waals surface area contributed by atoms with Crippen LogP contribution in [-0.2, 0) is 0 Å². The van der Waals surface area contributed by atoms with Gasteiger partial charge in [0.2, 0.25) is 0 Å². The van der Waals surface area contributed by atoms with Crippen molar-refractivity contribution in [2.75, 3.05) is 13.1 Å². The minimum Gasteiger partial charge on any atom is -0.338 e. The molecule has 3 nitrogen and oxygen atoms in total. The molecule has 0 spiro atoms. The number of benzene rings is 1. The molecule has 3 fully saturated rings. The molecule has 2 aliphatic heterocycles. The van der Waals surface area contributed by atoms with Gasteiger partial charge in [-0.15, -0.1) is 0 Å². The lowest BCUT2D eigenvalue weighted by atomic mass is 9.75. The van der Waals surface area contributed by atoms with Crippen molar-refractivity contribution >= 4 is 16.7 Å². The molecule has 3 heterocycles. The second-order valence-electron chi connectivity index (χ2n) is 6.15. The Hall–Kier alpha value is -1.90. The van der Waals surface area contributed by atoms with Crippen LogP contribution in [0.25, 0.3) is 10.8 Å². The number of rotatable bonds is 1. The normalized spacial score (nSPS) is 25.1. The van der Waals surface area contributed by atoms with Crippen molar-refractivity contribution in [2.24, 2.45) is 11.8 Å². The van der Waals surface area contributed by atoms with E-state index in [-0.39, 0.29) is 5.91 Å². The summed E-state index contributed by atoms with van der Waals surface area (Å²) in [6.07, 6.45) is 7.41. The van der Waals surface area contributed by atoms with Crippen LogP contribution in [-0.4, -0.2) is 28.9 Å². The van der Waals surface area contributed by atoms with Crippen LogP contribution in [0, 0.1) is 11.8 Å². The predicted molar refractivity (Wildman–Crippen MR) is 78.5 cm³/mol. The second-order valence-corrected chi connectivity index (χ2v) is 6.15. The SMILES string of the molecule is O=C(c1cccc2cnccc12)N1CCC2CC(C2)C1. The highest BCUT2D eigenvalue weighted by Crippen LogP contribution is 2.39. The van der Waals surface area contributed by atoms with Crippen molar-refractivity contribution in [1.82, 2.24) is 9.88 Å². The van der Waals surface area contributed by atoms with Gasteiger partial charge in [-0.1, -0.05) is 12.1 Å². The Kier molecular flexibility index (Phi) is 2.72. The van der Waals surface area contributed by atoms with E-state index in [1.165, 1.54) is 19.3 Å². The third-order valence-electron chi connectivity index (χ3n) is 4.82. The first-order valence-electron chi connectivity index (χ1n) is 7.43. The van der Waals surface area contributed by atoms with Gasteiger partial charge in [-0.25, -0.2) is 0 Å². The standard InChI is InChI=1S/C17H18N2O/c20-17(19-7-5-12-8-13(9-12)11-19)16-3-1-2-14-10-18-6-4-15(14)16/h1-4,6,10,12-13H,5,7-9,11H2. The number of carbonyl (C=O) groups is 1. The maximum absolute atomic E-state index is 12.8. The lowest BCUT2D eigenvalue weighted by Gasteiger charge is -2.32. The van der Waals surface area contributed by atoms with Crippen LogP contribution < -0.4 is 0 Å². The fourth-order valence-electron chi connectivity index (χ4n) is 3.66. The van der Waals surface area contributed by atoms with Gasteiger partial charge in [0.1, 0.15) is 0 Å². The molecule has 5 rings (SSSR count).